The van der Waals surface area contributed by atoms with Crippen LogP contribution in [0.2, 0.25) is 5.02 Å². The van der Waals surface area contributed by atoms with Gasteiger partial charge in [-0.1, -0.05) is 83.9 Å². The molecule has 248 valence electrons. The van der Waals surface area contributed by atoms with Gasteiger partial charge >= 0.3 is 6.18 Å². The van der Waals surface area contributed by atoms with E-state index < -0.39 is 56.9 Å². The highest BCUT2D eigenvalue weighted by molar-refractivity contribution is 7.92. The Morgan fingerprint density at radius 3 is 2.15 bits per heavy atom. The highest BCUT2D eigenvalue weighted by Gasteiger charge is 2.37. The summed E-state index contributed by atoms with van der Waals surface area (Å²) in [5.41, 5.74) is 1.38. The van der Waals surface area contributed by atoms with Crippen LogP contribution < -0.4 is 9.62 Å². The van der Waals surface area contributed by atoms with Crippen LogP contribution in [-0.2, 0) is 38.8 Å². The lowest BCUT2D eigenvalue weighted by Crippen LogP contribution is -2.53. The molecule has 4 aromatic carbocycles. The number of rotatable bonds is 12. The molecular weight excluding hydrogens is 651 g/mol. The first-order valence-electron chi connectivity index (χ1n) is 14.8. The summed E-state index contributed by atoms with van der Waals surface area (Å²) in [5.74, 6) is -1.25. The molecule has 0 aliphatic heterocycles. The fourth-order valence-electron chi connectivity index (χ4n) is 5.07. The zero-order valence-electron chi connectivity index (χ0n) is 26.1. The van der Waals surface area contributed by atoms with Crippen LogP contribution in [0.25, 0.3) is 0 Å². The molecule has 0 aliphatic rings. The summed E-state index contributed by atoms with van der Waals surface area (Å²) < 4.78 is 70.7. The topological polar surface area (TPSA) is 86.8 Å². The van der Waals surface area contributed by atoms with Gasteiger partial charge in [-0.15, -0.1) is 0 Å². The van der Waals surface area contributed by atoms with Gasteiger partial charge in [-0.2, -0.15) is 13.2 Å². The number of alkyl halides is 3. The molecule has 0 saturated heterocycles. The van der Waals surface area contributed by atoms with E-state index >= 15 is 0 Å². The van der Waals surface area contributed by atoms with Gasteiger partial charge in [-0.05, 0) is 67.8 Å². The van der Waals surface area contributed by atoms with Gasteiger partial charge in [0.2, 0.25) is 11.8 Å². The van der Waals surface area contributed by atoms with Gasteiger partial charge in [0.25, 0.3) is 10.0 Å². The van der Waals surface area contributed by atoms with Crippen molar-refractivity contribution in [1.82, 2.24) is 10.2 Å². The van der Waals surface area contributed by atoms with E-state index in [0.717, 1.165) is 28.8 Å². The number of nitrogens with one attached hydrogen (secondary N) is 1. The van der Waals surface area contributed by atoms with Crippen molar-refractivity contribution in [1.29, 1.82) is 0 Å². The summed E-state index contributed by atoms with van der Waals surface area (Å²) in [6, 6.07) is 23.6. The lowest BCUT2D eigenvalue weighted by atomic mass is 10.0. The fraction of sp³-hybridized carbons (Fsp3) is 0.257. The molecule has 2 amide bonds. The lowest BCUT2D eigenvalue weighted by molar-refractivity contribution is -0.140. The normalized spacial score (nSPS) is 12.3. The molecule has 0 fully saturated rings. The number of anilines is 1. The van der Waals surface area contributed by atoms with Crippen molar-refractivity contribution in [2.24, 2.45) is 0 Å². The standard InChI is InChI=1S/C35H35ClF3N3O4S/c1-4-40-34(44)32(20-26-11-6-5-7-12-26)41(22-27-13-9-8-10-25(27)3)33(43)23-42(47(45,46)29-17-14-24(2)15-18-29)28-16-19-31(36)30(21-28)35(37,38)39/h5-19,21,32H,4,20,22-23H2,1-3H3,(H,40,44)/t32-/m1/s1. The molecule has 0 heterocycles. The van der Waals surface area contributed by atoms with Crippen LogP contribution in [0.1, 0.15) is 34.7 Å². The molecule has 12 heteroatoms. The van der Waals surface area contributed by atoms with E-state index in [0.29, 0.717) is 15.9 Å². The average molecular weight is 686 g/mol. The molecule has 7 nitrogen and oxygen atoms in total. The smallest absolute Gasteiger partial charge is 0.355 e. The van der Waals surface area contributed by atoms with E-state index in [1.807, 2.05) is 37.3 Å². The quantitative estimate of drug-likeness (QED) is 0.175. The number of nitrogens with zero attached hydrogens (tertiary/aromatic N) is 2. The van der Waals surface area contributed by atoms with Crippen molar-refractivity contribution < 1.29 is 31.2 Å². The first-order chi connectivity index (χ1) is 22.2. The van der Waals surface area contributed by atoms with Gasteiger partial charge in [0.15, 0.2) is 0 Å². The Labute approximate surface area is 278 Å². The predicted molar refractivity (Wildman–Crippen MR) is 177 cm³/mol. The van der Waals surface area contributed by atoms with Crippen LogP contribution in [0.3, 0.4) is 0 Å². The Morgan fingerprint density at radius 1 is 0.894 bits per heavy atom. The molecule has 0 aromatic heterocycles. The van der Waals surface area contributed by atoms with E-state index in [9.17, 15) is 31.2 Å². The summed E-state index contributed by atoms with van der Waals surface area (Å²) in [5, 5.41) is 2.15. The number of hydrogen-bond acceptors (Lipinski definition) is 4. The van der Waals surface area contributed by atoms with E-state index in [1.165, 1.54) is 17.0 Å². The van der Waals surface area contributed by atoms with Gasteiger partial charge in [0, 0.05) is 19.5 Å². The lowest BCUT2D eigenvalue weighted by Gasteiger charge is -2.34. The Hall–Kier alpha value is -4.35. The third-order valence-corrected chi connectivity index (χ3v) is 9.77. The molecule has 0 radical (unpaired) electrons. The van der Waals surface area contributed by atoms with Crippen LogP contribution in [-0.4, -0.2) is 44.3 Å². The highest BCUT2D eigenvalue weighted by Crippen LogP contribution is 2.38. The van der Waals surface area contributed by atoms with Gasteiger partial charge in [-0.25, -0.2) is 8.42 Å². The predicted octanol–water partition coefficient (Wildman–Crippen LogP) is 6.95. The molecule has 0 unspecified atom stereocenters. The van der Waals surface area contributed by atoms with Gasteiger partial charge in [0.05, 0.1) is 21.2 Å². The second-order valence-electron chi connectivity index (χ2n) is 11.0. The minimum absolute atomic E-state index is 0.0625. The summed E-state index contributed by atoms with van der Waals surface area (Å²) in [6.07, 6.45) is -4.79. The Balaban J connectivity index is 1.87. The van der Waals surface area contributed by atoms with Crippen molar-refractivity contribution in [3.8, 4) is 0 Å². The fourth-order valence-corrected chi connectivity index (χ4v) is 6.70. The first-order valence-corrected chi connectivity index (χ1v) is 16.7. The number of amides is 2. The van der Waals surface area contributed by atoms with Crippen molar-refractivity contribution in [3.05, 3.63) is 130 Å². The number of likely N-dealkylation sites (N-methyl/N-ethyl adjacent to an activating group) is 1. The van der Waals surface area contributed by atoms with Crippen LogP contribution >= 0.6 is 11.6 Å². The van der Waals surface area contributed by atoms with Crippen LogP contribution in [0.5, 0.6) is 0 Å². The van der Waals surface area contributed by atoms with Gasteiger partial charge in [0.1, 0.15) is 12.6 Å². The monoisotopic (exact) mass is 685 g/mol. The van der Waals surface area contributed by atoms with Crippen LogP contribution in [0.15, 0.2) is 102 Å². The largest absolute Gasteiger partial charge is 0.417 e. The van der Waals surface area contributed by atoms with E-state index in [1.54, 1.807) is 50.2 Å². The third kappa shape index (κ3) is 8.72. The second kappa shape index (κ2) is 15.0. The maximum Gasteiger partial charge on any atom is 0.417 e. The zero-order chi connectivity index (χ0) is 34.4. The zero-order valence-corrected chi connectivity index (χ0v) is 27.7. The van der Waals surface area contributed by atoms with Crippen molar-refractivity contribution in [2.75, 3.05) is 17.4 Å². The van der Waals surface area contributed by atoms with E-state index in [2.05, 4.69) is 5.32 Å². The molecule has 4 rings (SSSR count). The average Bonchev–Trinajstić information content (AvgIpc) is 3.03. The van der Waals surface area contributed by atoms with Crippen molar-refractivity contribution >= 4 is 39.1 Å². The second-order valence-corrected chi connectivity index (χ2v) is 13.3. The number of halogens is 4. The number of aryl methyl sites for hydroxylation is 2. The van der Waals surface area contributed by atoms with E-state index in [4.69, 9.17) is 11.6 Å². The summed E-state index contributed by atoms with van der Waals surface area (Å²) in [4.78, 5) is 29.1. The summed E-state index contributed by atoms with van der Waals surface area (Å²) in [7, 11) is -4.60. The highest BCUT2D eigenvalue weighted by atomic mass is 35.5. The molecule has 0 spiro atoms. The summed E-state index contributed by atoms with van der Waals surface area (Å²) in [6.45, 7) is 4.65. The molecule has 1 N–H and O–H groups in total. The van der Waals surface area contributed by atoms with Crippen molar-refractivity contribution in [2.45, 2.75) is 50.9 Å². The number of carbonyl (C=O) groups excluding carboxylic acids is 2. The third-order valence-electron chi connectivity index (χ3n) is 7.66. The van der Waals surface area contributed by atoms with Crippen LogP contribution in [0, 0.1) is 13.8 Å². The summed E-state index contributed by atoms with van der Waals surface area (Å²) >= 11 is 5.87. The maximum absolute atomic E-state index is 14.5. The molecule has 0 bridgehead atoms. The number of benzene rings is 4. The van der Waals surface area contributed by atoms with E-state index in [-0.39, 0.29) is 24.4 Å². The number of sulfonamides is 1. The minimum atomic E-state index is -4.90. The first kappa shape index (κ1) is 35.5. The maximum atomic E-state index is 14.5. The molecule has 4 aromatic rings. The number of carbonyl (C=O) groups is 2. The minimum Gasteiger partial charge on any atom is -0.355 e. The van der Waals surface area contributed by atoms with Gasteiger partial charge in [-0.3, -0.25) is 13.9 Å². The Morgan fingerprint density at radius 2 is 1.53 bits per heavy atom. The number of hydrogen-bond donors (Lipinski definition) is 1. The molecule has 0 aliphatic carbocycles. The molecule has 47 heavy (non-hydrogen) atoms. The van der Waals surface area contributed by atoms with Crippen LogP contribution in [0.4, 0.5) is 18.9 Å². The van der Waals surface area contributed by atoms with Gasteiger partial charge < -0.3 is 10.2 Å². The molecular formula is C35H35ClF3N3O4S. The Kier molecular flexibility index (Phi) is 11.4. The van der Waals surface area contributed by atoms with Crippen molar-refractivity contribution in [3.63, 3.8) is 0 Å². The Bertz CT molecular complexity index is 1820. The molecule has 0 saturated carbocycles. The molecule has 1 atom stereocenters. The SMILES string of the molecule is CCNC(=O)[C@@H](Cc1ccccc1)N(Cc1ccccc1C)C(=O)CN(c1ccc(Cl)c(C(F)(F)F)c1)S(=O)(=O)c1ccc(C)cc1.